The fraction of sp³-hybridized carbons (Fsp3) is 0.188. The number of phenolic OH excluding ortho intramolecular Hbond substituents is 1. The number of aryl methyl sites for hydroxylation is 1. The molecule has 0 spiro atoms. The number of phenols is 1. The first kappa shape index (κ1) is 14.2. The molecule has 0 radical (unpaired) electrons. The van der Waals surface area contributed by atoms with Crippen molar-refractivity contribution >= 4 is 34.8 Å². The molecule has 3 rings (SSSR count). The molecule has 108 valence electrons. The smallest absolute Gasteiger partial charge is 0.258 e. The highest BCUT2D eigenvalue weighted by atomic mass is 35.5. The summed E-state index contributed by atoms with van der Waals surface area (Å²) in [5, 5.41) is 10.9. The number of rotatable bonds is 1. The van der Waals surface area contributed by atoms with Crippen LogP contribution in [0.3, 0.4) is 0 Å². The number of aromatic hydroxyl groups is 1. The topological polar surface area (TPSA) is 40.5 Å². The van der Waals surface area contributed by atoms with Gasteiger partial charge in [-0.2, -0.15) is 0 Å². The third-order valence-electron chi connectivity index (χ3n) is 3.55. The molecule has 1 amide bonds. The molecule has 1 N–H and O–H groups in total. The minimum atomic E-state index is -0.207. The van der Waals surface area contributed by atoms with Crippen LogP contribution in [0.2, 0.25) is 10.0 Å². The minimum Gasteiger partial charge on any atom is -0.506 e. The zero-order chi connectivity index (χ0) is 15.0. The molecule has 1 aliphatic heterocycles. The number of carbonyl (C=O) groups is 1. The highest BCUT2D eigenvalue weighted by Crippen LogP contribution is 2.36. The van der Waals surface area contributed by atoms with Gasteiger partial charge in [-0.1, -0.05) is 35.3 Å². The van der Waals surface area contributed by atoms with Crippen molar-refractivity contribution in [1.29, 1.82) is 0 Å². The molecule has 1 aliphatic rings. The van der Waals surface area contributed by atoms with E-state index in [2.05, 4.69) is 0 Å². The molecule has 3 nitrogen and oxygen atoms in total. The maximum Gasteiger partial charge on any atom is 0.258 e. The molecule has 0 saturated carbocycles. The molecule has 21 heavy (non-hydrogen) atoms. The van der Waals surface area contributed by atoms with E-state index in [9.17, 15) is 9.90 Å². The molecule has 0 aliphatic carbocycles. The van der Waals surface area contributed by atoms with E-state index in [0.717, 1.165) is 18.4 Å². The van der Waals surface area contributed by atoms with E-state index in [1.807, 2.05) is 6.07 Å². The number of amides is 1. The van der Waals surface area contributed by atoms with Gasteiger partial charge < -0.3 is 10.0 Å². The number of fused-ring (bicyclic) bond motifs is 1. The lowest BCUT2D eigenvalue weighted by molar-refractivity contribution is 0.0984. The molecule has 0 bridgehead atoms. The van der Waals surface area contributed by atoms with Gasteiger partial charge in [0, 0.05) is 22.2 Å². The maximum atomic E-state index is 12.7. The summed E-state index contributed by atoms with van der Waals surface area (Å²) in [5.41, 5.74) is 1.98. The normalized spacial score (nSPS) is 13.9. The van der Waals surface area contributed by atoms with Crippen LogP contribution < -0.4 is 4.90 Å². The van der Waals surface area contributed by atoms with Gasteiger partial charge in [-0.05, 0) is 42.7 Å². The molecular formula is C16H13Cl2NO2. The first-order chi connectivity index (χ1) is 10.1. The van der Waals surface area contributed by atoms with Gasteiger partial charge >= 0.3 is 0 Å². The van der Waals surface area contributed by atoms with Crippen LogP contribution in [0.15, 0.2) is 36.4 Å². The lowest BCUT2D eigenvalue weighted by atomic mass is 10.00. The van der Waals surface area contributed by atoms with Gasteiger partial charge in [0.15, 0.2) is 0 Å². The lowest BCUT2D eigenvalue weighted by Crippen LogP contribution is -2.35. The Balaban J connectivity index is 2.04. The monoisotopic (exact) mass is 321 g/mol. The van der Waals surface area contributed by atoms with Gasteiger partial charge in [-0.3, -0.25) is 4.79 Å². The van der Waals surface area contributed by atoms with Crippen LogP contribution >= 0.6 is 23.2 Å². The quantitative estimate of drug-likeness (QED) is 0.851. The minimum absolute atomic E-state index is 0.119. The van der Waals surface area contributed by atoms with Gasteiger partial charge in [-0.25, -0.2) is 0 Å². The van der Waals surface area contributed by atoms with Crippen LogP contribution in [-0.4, -0.2) is 17.6 Å². The van der Waals surface area contributed by atoms with Gasteiger partial charge in [0.05, 0.1) is 5.69 Å². The van der Waals surface area contributed by atoms with Crippen LogP contribution in [-0.2, 0) is 6.42 Å². The number of hydrogen-bond acceptors (Lipinski definition) is 2. The zero-order valence-corrected chi connectivity index (χ0v) is 12.7. The Morgan fingerprint density at radius 3 is 2.57 bits per heavy atom. The van der Waals surface area contributed by atoms with Crippen molar-refractivity contribution in [3.05, 3.63) is 57.6 Å². The van der Waals surface area contributed by atoms with Gasteiger partial charge in [0.2, 0.25) is 0 Å². The van der Waals surface area contributed by atoms with Crippen LogP contribution in [0.5, 0.6) is 5.75 Å². The number of nitrogens with zero attached hydrogens (tertiary/aromatic N) is 1. The number of para-hydroxylation sites is 1. The van der Waals surface area contributed by atoms with Gasteiger partial charge in [-0.15, -0.1) is 0 Å². The van der Waals surface area contributed by atoms with E-state index in [1.165, 1.54) is 0 Å². The molecule has 2 aromatic carbocycles. The Hall–Kier alpha value is -1.71. The predicted octanol–water partition coefficient (Wildman–Crippen LogP) is 4.29. The SMILES string of the molecule is O=C(c1cc(Cl)cc(Cl)c1)N1CCCc2cccc(O)c21. The largest absolute Gasteiger partial charge is 0.506 e. The molecule has 0 saturated heterocycles. The van der Waals surface area contributed by atoms with Crippen molar-refractivity contribution in [2.45, 2.75) is 12.8 Å². The van der Waals surface area contributed by atoms with Gasteiger partial charge in [0.1, 0.15) is 5.75 Å². The highest BCUT2D eigenvalue weighted by Gasteiger charge is 2.26. The van der Waals surface area contributed by atoms with Crippen molar-refractivity contribution < 1.29 is 9.90 Å². The second-order valence-electron chi connectivity index (χ2n) is 5.00. The Morgan fingerprint density at radius 1 is 1.14 bits per heavy atom. The summed E-state index contributed by atoms with van der Waals surface area (Å²) in [6.07, 6.45) is 1.71. The Morgan fingerprint density at radius 2 is 1.86 bits per heavy atom. The molecule has 1 heterocycles. The Labute approximate surface area is 132 Å². The molecule has 2 aromatic rings. The average molecular weight is 322 g/mol. The second-order valence-corrected chi connectivity index (χ2v) is 5.88. The fourth-order valence-corrected chi connectivity index (χ4v) is 3.19. The van der Waals surface area contributed by atoms with Crippen molar-refractivity contribution in [3.63, 3.8) is 0 Å². The first-order valence-corrected chi connectivity index (χ1v) is 7.40. The number of carbonyl (C=O) groups excluding carboxylic acids is 1. The third kappa shape index (κ3) is 2.71. The van der Waals surface area contributed by atoms with E-state index < -0.39 is 0 Å². The summed E-state index contributed by atoms with van der Waals surface area (Å²) in [7, 11) is 0. The van der Waals surface area contributed by atoms with E-state index in [0.29, 0.717) is 27.8 Å². The summed E-state index contributed by atoms with van der Waals surface area (Å²) in [4.78, 5) is 14.3. The maximum absolute atomic E-state index is 12.7. The number of halogens is 2. The van der Waals surface area contributed by atoms with Crippen molar-refractivity contribution in [2.75, 3.05) is 11.4 Å². The van der Waals surface area contributed by atoms with Crippen molar-refractivity contribution in [2.24, 2.45) is 0 Å². The summed E-state index contributed by atoms with van der Waals surface area (Å²) >= 11 is 11.9. The van der Waals surface area contributed by atoms with Crippen LogP contribution in [0, 0.1) is 0 Å². The number of benzene rings is 2. The Kier molecular flexibility index (Phi) is 3.79. The van der Waals surface area contributed by atoms with Gasteiger partial charge in [0.25, 0.3) is 5.91 Å². The van der Waals surface area contributed by atoms with E-state index in [4.69, 9.17) is 23.2 Å². The molecule has 0 aromatic heterocycles. The van der Waals surface area contributed by atoms with E-state index in [-0.39, 0.29) is 11.7 Å². The molecule has 0 unspecified atom stereocenters. The van der Waals surface area contributed by atoms with E-state index in [1.54, 1.807) is 35.2 Å². The number of hydrogen-bond donors (Lipinski definition) is 1. The molecule has 5 heteroatoms. The van der Waals surface area contributed by atoms with E-state index >= 15 is 0 Å². The second kappa shape index (κ2) is 5.58. The third-order valence-corrected chi connectivity index (χ3v) is 3.99. The first-order valence-electron chi connectivity index (χ1n) is 6.65. The molecular weight excluding hydrogens is 309 g/mol. The summed E-state index contributed by atoms with van der Waals surface area (Å²) in [6.45, 7) is 0.563. The van der Waals surface area contributed by atoms with Crippen molar-refractivity contribution in [3.8, 4) is 5.75 Å². The molecule has 0 atom stereocenters. The number of anilines is 1. The fourth-order valence-electron chi connectivity index (χ4n) is 2.67. The summed E-state index contributed by atoms with van der Waals surface area (Å²) < 4.78 is 0. The van der Waals surface area contributed by atoms with Crippen LogP contribution in [0.25, 0.3) is 0 Å². The molecule has 0 fully saturated rings. The summed E-state index contributed by atoms with van der Waals surface area (Å²) in [6, 6.07) is 10.1. The van der Waals surface area contributed by atoms with Crippen LogP contribution in [0.1, 0.15) is 22.3 Å². The predicted molar refractivity (Wildman–Crippen MR) is 84.6 cm³/mol. The summed E-state index contributed by atoms with van der Waals surface area (Å²) in [5.74, 6) is -0.0875. The standard InChI is InChI=1S/C16H13Cl2NO2/c17-12-7-11(8-13(18)9-12)16(21)19-6-2-4-10-3-1-5-14(20)15(10)19/h1,3,5,7-9,20H,2,4,6H2. The lowest BCUT2D eigenvalue weighted by Gasteiger charge is -2.30. The van der Waals surface area contributed by atoms with Crippen LogP contribution in [0.4, 0.5) is 5.69 Å². The zero-order valence-electron chi connectivity index (χ0n) is 11.1. The average Bonchev–Trinajstić information content (AvgIpc) is 2.45. The Bertz CT molecular complexity index is 695. The highest BCUT2D eigenvalue weighted by molar-refractivity contribution is 6.35. The van der Waals surface area contributed by atoms with Crippen molar-refractivity contribution in [1.82, 2.24) is 0 Å².